The number of allylic oxidation sites excluding steroid dienone is 28. The molecular weight excluding hydrogens is 853 g/mol. The summed E-state index contributed by atoms with van der Waals surface area (Å²) < 4.78 is 16.7. The highest BCUT2D eigenvalue weighted by atomic mass is 16.6. The van der Waals surface area contributed by atoms with Crippen LogP contribution in [0.15, 0.2) is 170 Å². The molecule has 0 aliphatic carbocycles. The quantitative estimate of drug-likeness (QED) is 0.0199. The Hall–Kier alpha value is -5.23. The van der Waals surface area contributed by atoms with Gasteiger partial charge in [-0.25, -0.2) is 0 Å². The number of hydrogen-bond donors (Lipinski definition) is 0. The summed E-state index contributed by atoms with van der Waals surface area (Å²) in [7, 11) is 0. The number of rotatable bonds is 45. The molecule has 0 N–H and O–H groups in total. The van der Waals surface area contributed by atoms with Gasteiger partial charge in [-0.1, -0.05) is 242 Å². The molecule has 0 amide bonds. The standard InChI is InChI=1S/C63H94O6/c1-4-7-10-13-16-19-22-25-28-31-33-35-38-41-44-47-50-53-56-62(65)68-59-60(58-67-61(64)55-52-49-46-43-40-37-34-30-27-24-21-18-15-12-9-6-3)69-63(66)57-54-51-48-45-42-39-36-32-29-26-23-20-17-14-11-8-5-2/h8-9,11-12,14,17-18,20-23,25-33,35-37,39-40,42,46,49,60H,4-7,10,13,15-16,19,24,34,38,41,43-45,47-48,50-59H2,1-3H3/b11-8-,12-9-,17-14-,21-18-,23-20-,25-22-,29-26-,30-27-,31-28-,35-33-,36-32+,40-37-,42-39-,49-46-. The predicted octanol–water partition coefficient (Wildman–Crippen LogP) is 18.0. The van der Waals surface area contributed by atoms with E-state index in [0.29, 0.717) is 19.3 Å². The Kier molecular flexibility index (Phi) is 51.2. The van der Waals surface area contributed by atoms with Crippen LogP contribution in [-0.4, -0.2) is 37.2 Å². The van der Waals surface area contributed by atoms with Gasteiger partial charge in [-0.3, -0.25) is 14.4 Å². The fourth-order valence-electron chi connectivity index (χ4n) is 6.46. The van der Waals surface area contributed by atoms with E-state index in [2.05, 4.69) is 118 Å². The van der Waals surface area contributed by atoms with E-state index in [4.69, 9.17) is 14.2 Å². The molecule has 0 radical (unpaired) electrons. The molecule has 0 aliphatic rings. The first-order valence-corrected chi connectivity index (χ1v) is 26.8. The summed E-state index contributed by atoms with van der Waals surface area (Å²) in [6.45, 7) is 6.21. The van der Waals surface area contributed by atoms with Crippen LogP contribution in [0.4, 0.5) is 0 Å². The smallest absolute Gasteiger partial charge is 0.306 e. The molecule has 0 heterocycles. The Bertz CT molecular complexity index is 1650. The maximum atomic E-state index is 12.8. The number of ether oxygens (including phenoxy) is 3. The molecule has 0 saturated carbocycles. The molecule has 0 bridgehead atoms. The molecule has 0 aromatic carbocycles. The van der Waals surface area contributed by atoms with Crippen molar-refractivity contribution >= 4 is 17.9 Å². The van der Waals surface area contributed by atoms with Crippen molar-refractivity contribution in [3.05, 3.63) is 170 Å². The van der Waals surface area contributed by atoms with Crippen molar-refractivity contribution in [3.8, 4) is 0 Å². The number of carbonyl (C=O) groups is 3. The summed E-state index contributed by atoms with van der Waals surface area (Å²) in [5.74, 6) is -1.10. The van der Waals surface area contributed by atoms with Gasteiger partial charge in [0.05, 0.1) is 0 Å². The zero-order valence-electron chi connectivity index (χ0n) is 43.5. The Balaban J connectivity index is 4.67. The Morgan fingerprint density at radius 2 is 0.667 bits per heavy atom. The molecule has 0 aromatic heterocycles. The van der Waals surface area contributed by atoms with Crippen LogP contribution in [0.5, 0.6) is 0 Å². The molecule has 0 aromatic rings. The van der Waals surface area contributed by atoms with E-state index in [1.165, 1.54) is 32.1 Å². The lowest BCUT2D eigenvalue weighted by Gasteiger charge is -2.18. The van der Waals surface area contributed by atoms with Crippen LogP contribution in [0.1, 0.15) is 188 Å². The molecule has 0 spiro atoms. The number of carbonyl (C=O) groups excluding carboxylic acids is 3. The molecule has 0 aliphatic heterocycles. The second kappa shape index (κ2) is 55.4. The van der Waals surface area contributed by atoms with Crippen LogP contribution in [0.3, 0.4) is 0 Å². The van der Waals surface area contributed by atoms with E-state index in [1.807, 2.05) is 72.9 Å². The van der Waals surface area contributed by atoms with Gasteiger partial charge in [-0.2, -0.15) is 0 Å². The molecule has 6 heteroatoms. The number of hydrogen-bond acceptors (Lipinski definition) is 6. The number of unbranched alkanes of at least 4 members (excludes halogenated alkanes) is 13. The summed E-state index contributed by atoms with van der Waals surface area (Å²) in [5, 5.41) is 0. The molecule has 0 rings (SSSR count). The van der Waals surface area contributed by atoms with E-state index in [9.17, 15) is 14.4 Å². The molecule has 0 saturated heterocycles. The lowest BCUT2D eigenvalue weighted by atomic mass is 10.1. The van der Waals surface area contributed by atoms with Gasteiger partial charge in [-0.15, -0.1) is 0 Å². The predicted molar refractivity (Wildman–Crippen MR) is 297 cm³/mol. The van der Waals surface area contributed by atoms with Crippen LogP contribution in [0.2, 0.25) is 0 Å². The third-order valence-corrected chi connectivity index (χ3v) is 10.4. The largest absolute Gasteiger partial charge is 0.462 e. The van der Waals surface area contributed by atoms with E-state index in [1.54, 1.807) is 0 Å². The third-order valence-electron chi connectivity index (χ3n) is 10.4. The van der Waals surface area contributed by atoms with Gasteiger partial charge in [0.25, 0.3) is 0 Å². The first-order chi connectivity index (χ1) is 34.0. The minimum absolute atomic E-state index is 0.139. The van der Waals surface area contributed by atoms with Crippen LogP contribution in [0.25, 0.3) is 0 Å². The van der Waals surface area contributed by atoms with Gasteiger partial charge in [0, 0.05) is 19.3 Å². The van der Waals surface area contributed by atoms with Crippen LogP contribution in [-0.2, 0) is 28.6 Å². The van der Waals surface area contributed by atoms with Crippen molar-refractivity contribution in [1.29, 1.82) is 0 Å². The SMILES string of the molecule is CC\C=C/C=C\C=C/C=C\C=C\C=C/CCCCCC(=O)OC(COC(=O)CC/C=C\C/C=C\C/C=C\C/C=C\C/C=C\CC)COC(=O)CCCCCCC\C=C/C=C\C=C/CCCCCCC. The minimum atomic E-state index is -0.850. The molecular formula is C63H94O6. The normalized spacial score (nSPS) is 13.5. The van der Waals surface area contributed by atoms with Gasteiger partial charge in [0.1, 0.15) is 13.2 Å². The Labute approximate surface area is 422 Å². The monoisotopic (exact) mass is 947 g/mol. The summed E-state index contributed by atoms with van der Waals surface area (Å²) in [6, 6.07) is 0. The summed E-state index contributed by atoms with van der Waals surface area (Å²) in [6.07, 6.45) is 82.0. The van der Waals surface area contributed by atoms with Crippen molar-refractivity contribution < 1.29 is 28.6 Å². The summed E-state index contributed by atoms with van der Waals surface area (Å²) >= 11 is 0. The second-order valence-corrected chi connectivity index (χ2v) is 16.9. The van der Waals surface area contributed by atoms with Crippen molar-refractivity contribution in [2.45, 2.75) is 194 Å². The summed E-state index contributed by atoms with van der Waals surface area (Å²) in [5.41, 5.74) is 0. The highest BCUT2D eigenvalue weighted by molar-refractivity contribution is 5.71. The highest BCUT2D eigenvalue weighted by Gasteiger charge is 2.19. The van der Waals surface area contributed by atoms with Crippen LogP contribution >= 0.6 is 0 Å². The molecule has 1 unspecified atom stereocenters. The van der Waals surface area contributed by atoms with Crippen LogP contribution in [0, 0.1) is 0 Å². The second-order valence-electron chi connectivity index (χ2n) is 16.9. The minimum Gasteiger partial charge on any atom is -0.462 e. The van der Waals surface area contributed by atoms with E-state index >= 15 is 0 Å². The van der Waals surface area contributed by atoms with Crippen molar-refractivity contribution in [2.75, 3.05) is 13.2 Å². The van der Waals surface area contributed by atoms with E-state index in [-0.39, 0.29) is 44.0 Å². The zero-order chi connectivity index (χ0) is 50.0. The fraction of sp³-hybridized carbons (Fsp3) is 0.508. The van der Waals surface area contributed by atoms with Gasteiger partial charge in [-0.05, 0) is 96.3 Å². The average Bonchev–Trinajstić information content (AvgIpc) is 3.35. The lowest BCUT2D eigenvalue weighted by molar-refractivity contribution is -0.166. The molecule has 1 atom stereocenters. The fourth-order valence-corrected chi connectivity index (χ4v) is 6.46. The topological polar surface area (TPSA) is 78.9 Å². The van der Waals surface area contributed by atoms with Crippen molar-refractivity contribution in [1.82, 2.24) is 0 Å². The zero-order valence-corrected chi connectivity index (χ0v) is 43.5. The maximum absolute atomic E-state index is 12.8. The van der Waals surface area contributed by atoms with E-state index in [0.717, 1.165) is 103 Å². The van der Waals surface area contributed by atoms with Crippen molar-refractivity contribution in [3.63, 3.8) is 0 Å². The van der Waals surface area contributed by atoms with E-state index < -0.39 is 6.10 Å². The number of esters is 3. The van der Waals surface area contributed by atoms with Gasteiger partial charge >= 0.3 is 17.9 Å². The molecule has 382 valence electrons. The third kappa shape index (κ3) is 53.6. The first-order valence-electron chi connectivity index (χ1n) is 26.8. The first kappa shape index (κ1) is 63.8. The van der Waals surface area contributed by atoms with Crippen molar-refractivity contribution in [2.24, 2.45) is 0 Å². The van der Waals surface area contributed by atoms with Gasteiger partial charge < -0.3 is 14.2 Å². The average molecular weight is 947 g/mol. The lowest BCUT2D eigenvalue weighted by Crippen LogP contribution is -2.30. The molecule has 0 fully saturated rings. The van der Waals surface area contributed by atoms with Gasteiger partial charge in [0.2, 0.25) is 0 Å². The Morgan fingerprint density at radius 3 is 1.13 bits per heavy atom. The molecule has 69 heavy (non-hydrogen) atoms. The van der Waals surface area contributed by atoms with Gasteiger partial charge in [0.15, 0.2) is 6.10 Å². The maximum Gasteiger partial charge on any atom is 0.306 e. The molecule has 6 nitrogen and oxygen atoms in total. The Morgan fingerprint density at radius 1 is 0.319 bits per heavy atom. The summed E-state index contributed by atoms with van der Waals surface area (Å²) in [4.78, 5) is 38.0. The van der Waals surface area contributed by atoms with Crippen LogP contribution < -0.4 is 0 Å². The highest BCUT2D eigenvalue weighted by Crippen LogP contribution is 2.11.